The highest BCUT2D eigenvalue weighted by atomic mass is 35.5. The summed E-state index contributed by atoms with van der Waals surface area (Å²) in [5.41, 5.74) is 0.305. The van der Waals surface area contributed by atoms with Gasteiger partial charge in [-0.2, -0.15) is 0 Å². The van der Waals surface area contributed by atoms with Gasteiger partial charge in [-0.15, -0.1) is 0 Å². The summed E-state index contributed by atoms with van der Waals surface area (Å²) in [7, 11) is -3.11. The summed E-state index contributed by atoms with van der Waals surface area (Å²) in [5, 5.41) is 0.548. The van der Waals surface area contributed by atoms with E-state index in [1.807, 2.05) is 6.92 Å². The maximum atomic E-state index is 13.3. The molecule has 0 saturated carbocycles. The van der Waals surface area contributed by atoms with Crippen molar-refractivity contribution in [1.82, 2.24) is 9.62 Å². The molecule has 0 saturated heterocycles. The molecule has 2 aromatic rings. The van der Waals surface area contributed by atoms with Gasteiger partial charge in [0.15, 0.2) is 0 Å². The summed E-state index contributed by atoms with van der Waals surface area (Å²) in [6.07, 6.45) is 1.38. The van der Waals surface area contributed by atoms with E-state index in [9.17, 15) is 22.8 Å². The number of amides is 3. The van der Waals surface area contributed by atoms with Crippen LogP contribution in [0.15, 0.2) is 41.3 Å². The minimum Gasteiger partial charge on any atom is -0.277 e. The van der Waals surface area contributed by atoms with Gasteiger partial charge in [-0.25, -0.2) is 13.1 Å². The SMILES string of the molecule is CCC1(C(=O)NS(=O)(=O)c2cccc3c2C(=O)N(C)C3=O)CCc2c(Cl)cccc21. The van der Waals surface area contributed by atoms with Gasteiger partial charge in [0.1, 0.15) is 4.90 Å². The highest BCUT2D eigenvalue weighted by molar-refractivity contribution is 7.90. The molecule has 1 aliphatic heterocycles. The van der Waals surface area contributed by atoms with E-state index in [1.165, 1.54) is 25.2 Å². The molecular weight excluding hydrogens is 428 g/mol. The van der Waals surface area contributed by atoms with Crippen molar-refractivity contribution in [2.45, 2.75) is 36.5 Å². The number of nitrogens with zero attached hydrogens (tertiary/aromatic N) is 1. The zero-order valence-electron chi connectivity index (χ0n) is 16.4. The zero-order chi connectivity index (χ0) is 21.8. The third-order valence-corrected chi connectivity index (χ3v) is 7.80. The van der Waals surface area contributed by atoms with E-state index >= 15 is 0 Å². The topological polar surface area (TPSA) is 101 Å². The van der Waals surface area contributed by atoms with Crippen LogP contribution in [0.2, 0.25) is 5.02 Å². The van der Waals surface area contributed by atoms with Gasteiger partial charge >= 0.3 is 0 Å². The molecule has 156 valence electrons. The first-order valence-electron chi connectivity index (χ1n) is 9.44. The van der Waals surface area contributed by atoms with Crippen LogP contribution in [0.1, 0.15) is 51.6 Å². The number of imide groups is 1. The minimum absolute atomic E-state index is 0.000947. The van der Waals surface area contributed by atoms with Crippen molar-refractivity contribution in [1.29, 1.82) is 0 Å². The van der Waals surface area contributed by atoms with E-state index in [-0.39, 0.29) is 16.0 Å². The van der Waals surface area contributed by atoms with Crippen LogP contribution < -0.4 is 4.72 Å². The lowest BCUT2D eigenvalue weighted by atomic mass is 9.79. The average Bonchev–Trinajstić information content (AvgIpc) is 3.21. The number of hydrogen-bond acceptors (Lipinski definition) is 5. The van der Waals surface area contributed by atoms with Gasteiger partial charge in [0.25, 0.3) is 21.8 Å². The Morgan fingerprint density at radius 1 is 1.17 bits per heavy atom. The van der Waals surface area contributed by atoms with Crippen molar-refractivity contribution >= 4 is 39.3 Å². The number of halogens is 1. The van der Waals surface area contributed by atoms with E-state index < -0.39 is 33.2 Å². The molecule has 30 heavy (non-hydrogen) atoms. The highest BCUT2D eigenvalue weighted by Gasteiger charge is 2.46. The number of nitrogens with one attached hydrogen (secondary N) is 1. The summed E-state index contributed by atoms with van der Waals surface area (Å²) in [4.78, 5) is 38.4. The van der Waals surface area contributed by atoms with Crippen molar-refractivity contribution < 1.29 is 22.8 Å². The van der Waals surface area contributed by atoms with E-state index in [1.54, 1.807) is 18.2 Å². The Hall–Kier alpha value is -2.71. The van der Waals surface area contributed by atoms with Crippen molar-refractivity contribution in [2.75, 3.05) is 7.05 Å². The van der Waals surface area contributed by atoms with Crippen LogP contribution in [0.25, 0.3) is 0 Å². The van der Waals surface area contributed by atoms with Crippen molar-refractivity contribution in [3.8, 4) is 0 Å². The number of carbonyl (C=O) groups excluding carboxylic acids is 3. The van der Waals surface area contributed by atoms with Crippen molar-refractivity contribution in [2.24, 2.45) is 0 Å². The number of carbonyl (C=O) groups is 3. The van der Waals surface area contributed by atoms with Crippen LogP contribution in [0.3, 0.4) is 0 Å². The van der Waals surface area contributed by atoms with Crippen LogP contribution in [-0.2, 0) is 26.7 Å². The first kappa shape index (κ1) is 20.6. The molecule has 0 bridgehead atoms. The second kappa shape index (κ2) is 6.92. The molecule has 1 heterocycles. The lowest BCUT2D eigenvalue weighted by Gasteiger charge is -2.28. The summed E-state index contributed by atoms with van der Waals surface area (Å²) in [5.74, 6) is -1.97. The Bertz CT molecular complexity index is 1220. The van der Waals surface area contributed by atoms with E-state index in [0.717, 1.165) is 16.0 Å². The lowest BCUT2D eigenvalue weighted by molar-refractivity contribution is -0.125. The summed E-state index contributed by atoms with van der Waals surface area (Å²) in [6, 6.07) is 9.26. The maximum Gasteiger partial charge on any atom is 0.264 e. The molecular formula is C21H19ClN2O5S. The zero-order valence-corrected chi connectivity index (χ0v) is 17.9. The molecule has 3 amide bonds. The molecule has 7 nitrogen and oxygen atoms in total. The first-order valence-corrected chi connectivity index (χ1v) is 11.3. The molecule has 1 aliphatic carbocycles. The Balaban J connectivity index is 1.75. The van der Waals surface area contributed by atoms with Crippen molar-refractivity contribution in [3.63, 3.8) is 0 Å². The second-order valence-corrected chi connectivity index (χ2v) is 9.54. The fourth-order valence-electron chi connectivity index (χ4n) is 4.37. The minimum atomic E-state index is -4.40. The van der Waals surface area contributed by atoms with Gasteiger partial charge in [0, 0.05) is 12.1 Å². The molecule has 2 aromatic carbocycles. The number of sulfonamides is 1. The Morgan fingerprint density at radius 2 is 1.87 bits per heavy atom. The van der Waals surface area contributed by atoms with Crippen molar-refractivity contribution in [3.05, 3.63) is 63.7 Å². The van der Waals surface area contributed by atoms with Gasteiger partial charge in [-0.1, -0.05) is 36.7 Å². The van der Waals surface area contributed by atoms with Gasteiger partial charge < -0.3 is 0 Å². The lowest BCUT2D eigenvalue weighted by Crippen LogP contribution is -2.45. The Morgan fingerprint density at radius 3 is 2.57 bits per heavy atom. The quantitative estimate of drug-likeness (QED) is 0.727. The number of hydrogen-bond donors (Lipinski definition) is 1. The Kier molecular flexibility index (Phi) is 4.74. The van der Waals surface area contributed by atoms with Crippen LogP contribution in [-0.4, -0.2) is 38.1 Å². The standard InChI is InChI=1S/C21H19ClN2O5S/c1-3-21(11-10-12-14(21)7-5-8-15(12)22)20(27)23-30(28,29)16-9-4-6-13-17(16)19(26)24(2)18(13)25/h4-9H,3,10-11H2,1-2H3,(H,23,27). The smallest absolute Gasteiger partial charge is 0.264 e. The van der Waals surface area contributed by atoms with Crippen LogP contribution in [0.5, 0.6) is 0 Å². The van der Waals surface area contributed by atoms with Gasteiger partial charge in [-0.05, 0) is 48.6 Å². The third-order valence-electron chi connectivity index (χ3n) is 6.07. The molecule has 1 atom stereocenters. The van der Waals surface area contributed by atoms with Gasteiger partial charge in [0.2, 0.25) is 5.91 Å². The summed E-state index contributed by atoms with van der Waals surface area (Å²) < 4.78 is 28.4. The van der Waals surface area contributed by atoms with Crippen LogP contribution in [0, 0.1) is 0 Å². The van der Waals surface area contributed by atoms with E-state index in [2.05, 4.69) is 4.72 Å². The predicted molar refractivity (Wildman–Crippen MR) is 110 cm³/mol. The molecule has 0 aromatic heterocycles. The van der Waals surface area contributed by atoms with E-state index in [4.69, 9.17) is 11.6 Å². The predicted octanol–water partition coefficient (Wildman–Crippen LogP) is 2.66. The molecule has 2 aliphatic rings. The monoisotopic (exact) mass is 446 g/mol. The molecule has 0 spiro atoms. The molecule has 1 unspecified atom stereocenters. The fourth-order valence-corrected chi connectivity index (χ4v) is 5.91. The van der Waals surface area contributed by atoms with E-state index in [0.29, 0.717) is 24.3 Å². The summed E-state index contributed by atoms with van der Waals surface area (Å²) in [6.45, 7) is 1.82. The molecule has 0 fully saturated rings. The average molecular weight is 447 g/mol. The van der Waals surface area contributed by atoms with Crippen LogP contribution in [0.4, 0.5) is 0 Å². The molecule has 4 rings (SSSR count). The fraction of sp³-hybridized carbons (Fsp3) is 0.286. The normalized spacial score (nSPS) is 20.3. The van der Waals surface area contributed by atoms with Gasteiger partial charge in [-0.3, -0.25) is 19.3 Å². The first-order chi connectivity index (χ1) is 14.1. The molecule has 0 radical (unpaired) electrons. The number of benzene rings is 2. The maximum absolute atomic E-state index is 13.3. The number of rotatable bonds is 4. The third kappa shape index (κ3) is 2.78. The molecule has 1 N–H and O–H groups in total. The molecule has 9 heteroatoms. The van der Waals surface area contributed by atoms with Gasteiger partial charge in [0.05, 0.1) is 16.5 Å². The highest BCUT2D eigenvalue weighted by Crippen LogP contribution is 2.44. The summed E-state index contributed by atoms with van der Waals surface area (Å²) >= 11 is 6.27. The Labute approximate surface area is 179 Å². The van der Waals surface area contributed by atoms with Crippen LogP contribution >= 0.6 is 11.6 Å². The number of fused-ring (bicyclic) bond motifs is 2. The second-order valence-electron chi connectivity index (χ2n) is 7.48. The largest absolute Gasteiger partial charge is 0.277 e.